The molecule has 0 aromatic rings. The molecular formula is C15H27ClN2O2. The molecular weight excluding hydrogens is 276 g/mol. The van der Waals surface area contributed by atoms with E-state index in [9.17, 15) is 9.90 Å². The third-order valence-electron chi connectivity index (χ3n) is 5.52. The van der Waals surface area contributed by atoms with Crippen LogP contribution in [-0.4, -0.2) is 39.6 Å². The summed E-state index contributed by atoms with van der Waals surface area (Å²) < 4.78 is 0. The highest BCUT2D eigenvalue weighted by molar-refractivity contribution is 5.85. The number of aliphatic hydroxyl groups excluding tert-OH is 1. The zero-order chi connectivity index (χ0) is 13.6. The van der Waals surface area contributed by atoms with Gasteiger partial charge in [0.2, 0.25) is 5.91 Å². The summed E-state index contributed by atoms with van der Waals surface area (Å²) in [7, 11) is 0. The highest BCUT2D eigenvalue weighted by Crippen LogP contribution is 2.40. The first kappa shape index (κ1) is 16.1. The van der Waals surface area contributed by atoms with Crippen molar-refractivity contribution in [3.05, 3.63) is 0 Å². The molecule has 1 aliphatic carbocycles. The van der Waals surface area contributed by atoms with Crippen molar-refractivity contribution in [3.8, 4) is 0 Å². The first-order valence-electron chi connectivity index (χ1n) is 7.78. The molecule has 1 saturated carbocycles. The molecule has 2 heterocycles. The number of piperidine rings is 1. The van der Waals surface area contributed by atoms with E-state index in [4.69, 9.17) is 5.73 Å². The van der Waals surface area contributed by atoms with E-state index in [0.717, 1.165) is 51.4 Å². The molecule has 4 nitrogen and oxygen atoms in total. The van der Waals surface area contributed by atoms with Crippen LogP contribution in [0.2, 0.25) is 0 Å². The Balaban J connectivity index is 0.00000147. The first-order valence-corrected chi connectivity index (χ1v) is 7.78. The summed E-state index contributed by atoms with van der Waals surface area (Å²) in [6.45, 7) is 2.04. The predicted molar refractivity (Wildman–Crippen MR) is 80.7 cm³/mol. The number of halogens is 1. The van der Waals surface area contributed by atoms with Crippen molar-refractivity contribution in [1.82, 2.24) is 4.90 Å². The first-order chi connectivity index (χ1) is 8.99. The zero-order valence-electron chi connectivity index (χ0n) is 12.3. The Kier molecular flexibility index (Phi) is 4.67. The molecule has 5 heteroatoms. The Labute approximate surface area is 127 Å². The van der Waals surface area contributed by atoms with Gasteiger partial charge in [-0.3, -0.25) is 4.79 Å². The zero-order valence-corrected chi connectivity index (χ0v) is 13.1. The van der Waals surface area contributed by atoms with Crippen LogP contribution >= 0.6 is 12.4 Å². The average molecular weight is 303 g/mol. The van der Waals surface area contributed by atoms with Gasteiger partial charge < -0.3 is 15.7 Å². The molecule has 2 bridgehead atoms. The molecule has 0 spiro atoms. The van der Waals surface area contributed by atoms with Gasteiger partial charge in [0, 0.05) is 17.6 Å². The van der Waals surface area contributed by atoms with Crippen molar-refractivity contribution in [2.75, 3.05) is 0 Å². The van der Waals surface area contributed by atoms with Crippen LogP contribution in [0.15, 0.2) is 0 Å². The van der Waals surface area contributed by atoms with Gasteiger partial charge in [0.1, 0.15) is 0 Å². The normalized spacial score (nSPS) is 44.0. The predicted octanol–water partition coefficient (Wildman–Crippen LogP) is 1.83. The number of aliphatic hydroxyl groups is 1. The maximum atomic E-state index is 12.9. The van der Waals surface area contributed by atoms with E-state index in [2.05, 4.69) is 4.90 Å². The number of nitrogens with two attached hydrogens (primary N) is 1. The van der Waals surface area contributed by atoms with Gasteiger partial charge in [-0.25, -0.2) is 0 Å². The van der Waals surface area contributed by atoms with Crippen molar-refractivity contribution in [2.45, 2.75) is 82.0 Å². The van der Waals surface area contributed by atoms with Crippen molar-refractivity contribution < 1.29 is 9.90 Å². The van der Waals surface area contributed by atoms with Crippen molar-refractivity contribution >= 4 is 18.3 Å². The number of rotatable bonds is 1. The number of carbonyl (C=O) groups is 1. The van der Waals surface area contributed by atoms with E-state index < -0.39 is 0 Å². The standard InChI is InChI=1S/C15H26N2O2.ClH/c1-15(16)7-3-2-4-13(15)14(19)17-10-5-6-11(17)9-12(18)8-10;/h10-13,18H,2-9,16H2,1H3;1H. The molecule has 20 heavy (non-hydrogen) atoms. The molecule has 4 unspecified atom stereocenters. The molecule has 116 valence electrons. The third kappa shape index (κ3) is 2.70. The van der Waals surface area contributed by atoms with Crippen LogP contribution in [0.5, 0.6) is 0 Å². The Hall–Kier alpha value is -0.320. The fraction of sp³-hybridized carbons (Fsp3) is 0.933. The van der Waals surface area contributed by atoms with E-state index in [0.29, 0.717) is 0 Å². The fourth-order valence-corrected chi connectivity index (χ4v) is 4.45. The summed E-state index contributed by atoms with van der Waals surface area (Å²) in [5.74, 6) is 0.253. The quantitative estimate of drug-likeness (QED) is 0.776. The van der Waals surface area contributed by atoms with Crippen LogP contribution in [0, 0.1) is 5.92 Å². The molecule has 0 radical (unpaired) electrons. The van der Waals surface area contributed by atoms with Crippen LogP contribution < -0.4 is 5.73 Å². The van der Waals surface area contributed by atoms with Crippen molar-refractivity contribution in [1.29, 1.82) is 0 Å². The molecule has 2 aliphatic heterocycles. The second kappa shape index (κ2) is 5.82. The van der Waals surface area contributed by atoms with Crippen LogP contribution in [0.25, 0.3) is 0 Å². The summed E-state index contributed by atoms with van der Waals surface area (Å²) >= 11 is 0. The van der Waals surface area contributed by atoms with Gasteiger partial charge in [-0.2, -0.15) is 0 Å². The summed E-state index contributed by atoms with van der Waals surface area (Å²) in [5, 5.41) is 9.84. The molecule has 3 fully saturated rings. The van der Waals surface area contributed by atoms with Crippen molar-refractivity contribution in [2.24, 2.45) is 11.7 Å². The van der Waals surface area contributed by atoms with Gasteiger partial charge in [0.05, 0.1) is 12.0 Å². The topological polar surface area (TPSA) is 66.6 Å². The smallest absolute Gasteiger partial charge is 0.228 e. The molecule has 3 rings (SSSR count). The van der Waals surface area contributed by atoms with Crippen LogP contribution in [0.3, 0.4) is 0 Å². The molecule has 0 aromatic heterocycles. The SMILES string of the molecule is CC1(N)CCCCC1C(=O)N1C2CCC1CC(O)C2.Cl. The Morgan fingerprint density at radius 3 is 2.35 bits per heavy atom. The van der Waals surface area contributed by atoms with E-state index in [-0.39, 0.29) is 48.0 Å². The number of hydrogen-bond acceptors (Lipinski definition) is 3. The van der Waals surface area contributed by atoms with Gasteiger partial charge in [0.25, 0.3) is 0 Å². The largest absolute Gasteiger partial charge is 0.393 e. The molecule has 3 aliphatic rings. The third-order valence-corrected chi connectivity index (χ3v) is 5.52. The summed E-state index contributed by atoms with van der Waals surface area (Å²) in [5.41, 5.74) is 6.03. The average Bonchev–Trinajstić information content (AvgIpc) is 2.60. The maximum absolute atomic E-state index is 12.9. The molecule has 0 aromatic carbocycles. The lowest BCUT2D eigenvalue weighted by molar-refractivity contribution is -0.145. The molecule has 4 atom stereocenters. The lowest BCUT2D eigenvalue weighted by Crippen LogP contribution is -2.57. The Morgan fingerprint density at radius 1 is 1.20 bits per heavy atom. The van der Waals surface area contributed by atoms with E-state index >= 15 is 0 Å². The summed E-state index contributed by atoms with van der Waals surface area (Å²) in [6.07, 6.45) is 7.57. The monoisotopic (exact) mass is 302 g/mol. The minimum atomic E-state index is -0.342. The Morgan fingerprint density at radius 2 is 1.80 bits per heavy atom. The highest BCUT2D eigenvalue weighted by Gasteiger charge is 2.48. The molecule has 3 N–H and O–H groups in total. The minimum Gasteiger partial charge on any atom is -0.393 e. The highest BCUT2D eigenvalue weighted by atomic mass is 35.5. The van der Waals surface area contributed by atoms with Crippen LogP contribution in [-0.2, 0) is 4.79 Å². The van der Waals surface area contributed by atoms with E-state index in [1.807, 2.05) is 6.92 Å². The number of fused-ring (bicyclic) bond motifs is 2. The Bertz CT molecular complexity index is 361. The molecule has 2 saturated heterocycles. The number of nitrogens with zero attached hydrogens (tertiary/aromatic N) is 1. The fourth-order valence-electron chi connectivity index (χ4n) is 4.45. The number of carbonyl (C=O) groups excluding carboxylic acids is 1. The second-order valence-corrected chi connectivity index (χ2v) is 7.06. The maximum Gasteiger partial charge on any atom is 0.228 e. The number of hydrogen-bond donors (Lipinski definition) is 2. The van der Waals surface area contributed by atoms with Crippen LogP contribution in [0.4, 0.5) is 0 Å². The van der Waals surface area contributed by atoms with E-state index in [1.165, 1.54) is 0 Å². The van der Waals surface area contributed by atoms with Gasteiger partial charge >= 0.3 is 0 Å². The number of amides is 1. The van der Waals surface area contributed by atoms with Gasteiger partial charge in [-0.1, -0.05) is 12.8 Å². The lowest BCUT2D eigenvalue weighted by atomic mass is 9.73. The van der Waals surface area contributed by atoms with Gasteiger partial charge in [-0.15, -0.1) is 12.4 Å². The van der Waals surface area contributed by atoms with Gasteiger partial charge in [0.15, 0.2) is 0 Å². The van der Waals surface area contributed by atoms with Gasteiger partial charge in [-0.05, 0) is 45.4 Å². The van der Waals surface area contributed by atoms with Crippen LogP contribution in [0.1, 0.15) is 58.3 Å². The van der Waals surface area contributed by atoms with Crippen molar-refractivity contribution in [3.63, 3.8) is 0 Å². The van der Waals surface area contributed by atoms with E-state index in [1.54, 1.807) is 0 Å². The molecule has 1 amide bonds. The minimum absolute atomic E-state index is 0. The summed E-state index contributed by atoms with van der Waals surface area (Å²) in [4.78, 5) is 15.0. The lowest BCUT2D eigenvalue weighted by Gasteiger charge is -2.44. The summed E-state index contributed by atoms with van der Waals surface area (Å²) in [6, 6.07) is 0.526. The second-order valence-electron chi connectivity index (χ2n) is 7.06.